The Morgan fingerprint density at radius 1 is 0.808 bits per heavy atom. The van der Waals surface area contributed by atoms with Gasteiger partial charge in [-0.3, -0.25) is 10.2 Å². The van der Waals surface area contributed by atoms with Gasteiger partial charge in [0.05, 0.1) is 5.56 Å². The smallest absolute Gasteiger partial charge is 0.268 e. The van der Waals surface area contributed by atoms with E-state index in [0.29, 0.717) is 30.3 Å². The van der Waals surface area contributed by atoms with Crippen molar-refractivity contribution in [1.82, 2.24) is 5.43 Å². The van der Waals surface area contributed by atoms with E-state index in [1.54, 1.807) is 18.2 Å². The largest absolute Gasteiger partial charge is 0.489 e. The lowest BCUT2D eigenvalue weighted by Gasteiger charge is -2.13. The zero-order valence-corrected chi connectivity index (χ0v) is 14.2. The average molecular weight is 348 g/mol. The maximum absolute atomic E-state index is 12.0. The number of hydrazine groups is 1. The number of benzene rings is 3. The average Bonchev–Trinajstić information content (AvgIpc) is 2.71. The van der Waals surface area contributed by atoms with Crippen molar-refractivity contribution in [2.45, 2.75) is 13.2 Å². The SMILES string of the molecule is NNC(=O)c1ccc(OCc2ccccc2)cc1OCc1ccccc1. The van der Waals surface area contributed by atoms with Gasteiger partial charge < -0.3 is 9.47 Å². The Morgan fingerprint density at radius 3 is 1.96 bits per heavy atom. The van der Waals surface area contributed by atoms with Crippen LogP contribution in [0.25, 0.3) is 0 Å². The number of carbonyl (C=O) groups is 1. The Kier molecular flexibility index (Phi) is 5.85. The van der Waals surface area contributed by atoms with E-state index in [2.05, 4.69) is 5.43 Å². The van der Waals surface area contributed by atoms with Crippen LogP contribution >= 0.6 is 0 Å². The van der Waals surface area contributed by atoms with E-state index in [9.17, 15) is 4.79 Å². The molecule has 0 aliphatic rings. The van der Waals surface area contributed by atoms with Gasteiger partial charge in [-0.25, -0.2) is 5.84 Å². The number of hydrogen-bond donors (Lipinski definition) is 2. The van der Waals surface area contributed by atoms with Crippen molar-refractivity contribution in [3.8, 4) is 11.5 Å². The van der Waals surface area contributed by atoms with Gasteiger partial charge in [0.1, 0.15) is 24.7 Å². The van der Waals surface area contributed by atoms with Crippen molar-refractivity contribution in [2.75, 3.05) is 0 Å². The summed E-state index contributed by atoms with van der Waals surface area (Å²) in [4.78, 5) is 12.0. The Morgan fingerprint density at radius 2 is 1.38 bits per heavy atom. The third kappa shape index (κ3) is 4.62. The molecule has 0 saturated heterocycles. The molecule has 3 aromatic rings. The van der Waals surface area contributed by atoms with Crippen LogP contribution in [-0.2, 0) is 13.2 Å². The van der Waals surface area contributed by atoms with Crippen LogP contribution in [0.5, 0.6) is 11.5 Å². The highest BCUT2D eigenvalue weighted by molar-refractivity contribution is 5.96. The molecule has 0 spiro atoms. The van der Waals surface area contributed by atoms with Gasteiger partial charge in [-0.15, -0.1) is 0 Å². The summed E-state index contributed by atoms with van der Waals surface area (Å²) < 4.78 is 11.7. The normalized spacial score (nSPS) is 10.2. The lowest BCUT2D eigenvalue weighted by Crippen LogP contribution is -2.30. The number of nitrogens with one attached hydrogen (secondary N) is 1. The van der Waals surface area contributed by atoms with Gasteiger partial charge in [0.15, 0.2) is 0 Å². The molecule has 132 valence electrons. The summed E-state index contributed by atoms with van der Waals surface area (Å²) in [5, 5.41) is 0. The molecule has 26 heavy (non-hydrogen) atoms. The summed E-state index contributed by atoms with van der Waals surface area (Å²) in [6, 6.07) is 24.7. The van der Waals surface area contributed by atoms with Crippen LogP contribution in [-0.4, -0.2) is 5.91 Å². The van der Waals surface area contributed by atoms with Crippen molar-refractivity contribution < 1.29 is 14.3 Å². The zero-order valence-electron chi connectivity index (χ0n) is 14.2. The van der Waals surface area contributed by atoms with Crippen molar-refractivity contribution in [2.24, 2.45) is 5.84 Å². The van der Waals surface area contributed by atoms with Crippen LogP contribution in [0.1, 0.15) is 21.5 Å². The third-order valence-electron chi connectivity index (χ3n) is 3.81. The van der Waals surface area contributed by atoms with E-state index in [1.165, 1.54) is 0 Å². The molecule has 3 aromatic carbocycles. The zero-order chi connectivity index (χ0) is 18.2. The predicted octanol–water partition coefficient (Wildman–Crippen LogP) is 3.45. The van der Waals surface area contributed by atoms with E-state index in [0.717, 1.165) is 11.1 Å². The second-order valence-electron chi connectivity index (χ2n) is 5.68. The van der Waals surface area contributed by atoms with Crippen molar-refractivity contribution >= 4 is 5.91 Å². The molecule has 0 aromatic heterocycles. The van der Waals surface area contributed by atoms with E-state index in [1.807, 2.05) is 60.7 Å². The topological polar surface area (TPSA) is 73.6 Å². The fraction of sp³-hybridized carbons (Fsp3) is 0.0952. The van der Waals surface area contributed by atoms with E-state index >= 15 is 0 Å². The van der Waals surface area contributed by atoms with Crippen LogP contribution < -0.4 is 20.7 Å². The number of nitrogen functional groups attached to an aromatic ring is 1. The second-order valence-corrected chi connectivity index (χ2v) is 5.68. The molecule has 0 atom stereocenters. The Balaban J connectivity index is 1.76. The summed E-state index contributed by atoms with van der Waals surface area (Å²) in [5.41, 5.74) is 4.55. The molecular formula is C21H20N2O3. The van der Waals surface area contributed by atoms with Crippen molar-refractivity contribution in [1.29, 1.82) is 0 Å². The van der Waals surface area contributed by atoms with Gasteiger partial charge in [-0.05, 0) is 23.3 Å². The van der Waals surface area contributed by atoms with Gasteiger partial charge in [-0.1, -0.05) is 60.7 Å². The van der Waals surface area contributed by atoms with Gasteiger partial charge in [-0.2, -0.15) is 0 Å². The summed E-state index contributed by atoms with van der Waals surface area (Å²) >= 11 is 0. The van der Waals surface area contributed by atoms with Gasteiger partial charge in [0.2, 0.25) is 0 Å². The monoisotopic (exact) mass is 348 g/mol. The maximum atomic E-state index is 12.0. The molecule has 0 aliphatic heterocycles. The van der Waals surface area contributed by atoms with Crippen LogP contribution in [0.4, 0.5) is 0 Å². The first kappa shape index (κ1) is 17.5. The van der Waals surface area contributed by atoms with Crippen LogP contribution in [0, 0.1) is 0 Å². The first-order chi connectivity index (χ1) is 12.8. The fourth-order valence-corrected chi connectivity index (χ4v) is 2.45. The predicted molar refractivity (Wildman–Crippen MR) is 99.6 cm³/mol. The van der Waals surface area contributed by atoms with Crippen molar-refractivity contribution in [3.05, 3.63) is 95.6 Å². The highest BCUT2D eigenvalue weighted by Crippen LogP contribution is 2.26. The molecule has 0 radical (unpaired) electrons. The van der Waals surface area contributed by atoms with Crippen LogP contribution in [0.2, 0.25) is 0 Å². The van der Waals surface area contributed by atoms with E-state index < -0.39 is 5.91 Å². The van der Waals surface area contributed by atoms with Crippen molar-refractivity contribution in [3.63, 3.8) is 0 Å². The number of nitrogens with two attached hydrogens (primary N) is 1. The minimum absolute atomic E-state index is 0.341. The van der Waals surface area contributed by atoms with Gasteiger partial charge in [0, 0.05) is 6.07 Å². The fourth-order valence-electron chi connectivity index (χ4n) is 2.45. The molecule has 0 saturated carbocycles. The molecule has 1 amide bonds. The summed E-state index contributed by atoms with van der Waals surface area (Å²) in [6.45, 7) is 0.773. The number of carbonyl (C=O) groups excluding carboxylic acids is 1. The quantitative estimate of drug-likeness (QED) is 0.390. The minimum atomic E-state index is -0.414. The Hall–Kier alpha value is -3.31. The lowest BCUT2D eigenvalue weighted by atomic mass is 10.1. The van der Waals surface area contributed by atoms with Gasteiger partial charge >= 0.3 is 0 Å². The summed E-state index contributed by atoms with van der Waals surface area (Å²) in [7, 11) is 0. The maximum Gasteiger partial charge on any atom is 0.268 e. The number of rotatable bonds is 7. The molecule has 5 nitrogen and oxygen atoms in total. The standard InChI is InChI=1S/C21H20N2O3/c22-23-21(24)19-12-11-18(25-14-16-7-3-1-4-8-16)13-20(19)26-15-17-9-5-2-6-10-17/h1-13H,14-15,22H2,(H,23,24). The molecule has 3 N–H and O–H groups in total. The third-order valence-corrected chi connectivity index (χ3v) is 3.81. The van der Waals surface area contributed by atoms with Crippen LogP contribution in [0.3, 0.4) is 0 Å². The van der Waals surface area contributed by atoms with E-state index in [-0.39, 0.29) is 0 Å². The first-order valence-corrected chi connectivity index (χ1v) is 8.24. The molecule has 3 rings (SSSR count). The molecular weight excluding hydrogens is 328 g/mol. The number of amides is 1. The second kappa shape index (κ2) is 8.69. The number of ether oxygens (including phenoxy) is 2. The lowest BCUT2D eigenvalue weighted by molar-refractivity contribution is 0.0949. The summed E-state index contributed by atoms with van der Waals surface area (Å²) in [5.74, 6) is 5.89. The van der Waals surface area contributed by atoms with E-state index in [4.69, 9.17) is 15.3 Å². The molecule has 0 aliphatic carbocycles. The molecule has 5 heteroatoms. The number of hydrogen-bond acceptors (Lipinski definition) is 4. The molecule has 0 fully saturated rings. The molecule has 0 bridgehead atoms. The minimum Gasteiger partial charge on any atom is -0.489 e. The molecule has 0 unspecified atom stereocenters. The Bertz CT molecular complexity index is 852. The van der Waals surface area contributed by atoms with Crippen LogP contribution in [0.15, 0.2) is 78.9 Å². The molecule has 0 heterocycles. The summed E-state index contributed by atoms with van der Waals surface area (Å²) in [6.07, 6.45) is 0. The highest BCUT2D eigenvalue weighted by Gasteiger charge is 2.13. The van der Waals surface area contributed by atoms with Gasteiger partial charge in [0.25, 0.3) is 5.91 Å². The first-order valence-electron chi connectivity index (χ1n) is 8.24. The highest BCUT2D eigenvalue weighted by atomic mass is 16.5. The Labute approximate surface area is 152 Å².